The van der Waals surface area contributed by atoms with Gasteiger partial charge in [-0.3, -0.25) is 9.59 Å². The summed E-state index contributed by atoms with van der Waals surface area (Å²) in [5.74, 6) is -1.89. The molecule has 0 N–H and O–H groups in total. The van der Waals surface area contributed by atoms with E-state index in [1.807, 2.05) is 12.2 Å². The molecule has 260 valence electrons. The van der Waals surface area contributed by atoms with E-state index >= 15 is 0 Å². The monoisotopic (exact) mass is 643 g/mol. The summed E-state index contributed by atoms with van der Waals surface area (Å²) in [6, 6.07) is -0.737. The van der Waals surface area contributed by atoms with E-state index in [1.165, 1.54) is 0 Å². The number of nitrogens with zero attached hydrogens (tertiary/aromatic N) is 1. The molecule has 0 saturated heterocycles. The molecule has 0 rings (SSSR count). The Morgan fingerprint density at radius 1 is 0.674 bits per heavy atom. The first-order valence-electron chi connectivity index (χ1n) is 17.0. The molecular weight excluding hydrogens is 582 g/mol. The van der Waals surface area contributed by atoms with Crippen LogP contribution in [0.2, 0.25) is 0 Å². The highest BCUT2D eigenvalue weighted by Crippen LogP contribution is 2.09. The Hall–Kier alpha value is -3.23. The van der Waals surface area contributed by atoms with Crippen LogP contribution in [0.1, 0.15) is 97.3 Å². The zero-order valence-electron chi connectivity index (χ0n) is 29.2. The molecule has 8 nitrogen and oxygen atoms in total. The molecule has 0 aromatic heterocycles. The number of rotatable bonds is 28. The summed E-state index contributed by atoms with van der Waals surface area (Å²) in [4.78, 5) is 36.0. The lowest BCUT2D eigenvalue weighted by Crippen LogP contribution is -2.55. The van der Waals surface area contributed by atoms with Crippen molar-refractivity contribution in [2.75, 3.05) is 41.0 Å². The molecule has 0 aromatic carbocycles. The van der Waals surface area contributed by atoms with Gasteiger partial charge in [-0.15, -0.1) is 0 Å². The number of carboxylic acid groups (broad SMARTS) is 1. The standard InChI is InChI=1S/C38H61NO7/c1-6-8-10-11-12-13-14-15-16-17-18-19-20-21-22-23-24-25-27-29-37(41)46-34(33-45-36(40)28-26-9-7-2)32-44-31-30-35(38(42)43)39(3,4)5/h8,10,12-13,15-16,18-19,21-22,24-25,34-35H,6-7,9,11,14,17,20,23,26-33H2,1-5H3/b10-8-,13-12-,16-15-,19-18-,22-21-,25-24-. The first-order valence-corrected chi connectivity index (χ1v) is 17.0. The smallest absolute Gasteiger partial charge is 0.306 e. The molecule has 0 amide bonds. The van der Waals surface area contributed by atoms with Crippen molar-refractivity contribution in [2.45, 2.75) is 109 Å². The molecule has 0 aliphatic heterocycles. The highest BCUT2D eigenvalue weighted by molar-refractivity contribution is 5.70. The zero-order valence-corrected chi connectivity index (χ0v) is 29.2. The third-order valence-corrected chi connectivity index (χ3v) is 6.87. The lowest BCUT2D eigenvalue weighted by Gasteiger charge is -2.34. The van der Waals surface area contributed by atoms with Crippen LogP contribution in [-0.4, -0.2) is 75.5 Å². The summed E-state index contributed by atoms with van der Waals surface area (Å²) in [5, 5.41) is 11.5. The van der Waals surface area contributed by atoms with Crippen LogP contribution >= 0.6 is 0 Å². The second-order valence-electron chi connectivity index (χ2n) is 12.0. The Morgan fingerprint density at radius 3 is 1.67 bits per heavy atom. The second kappa shape index (κ2) is 29.2. The molecule has 0 saturated carbocycles. The van der Waals surface area contributed by atoms with Crippen LogP contribution in [0.15, 0.2) is 72.9 Å². The molecule has 0 aromatic rings. The van der Waals surface area contributed by atoms with Crippen LogP contribution in [-0.2, 0) is 28.6 Å². The molecule has 8 heteroatoms. The number of hydrogen-bond donors (Lipinski definition) is 0. The lowest BCUT2D eigenvalue weighted by atomic mass is 10.1. The molecule has 0 fully saturated rings. The molecule has 0 aliphatic carbocycles. The Bertz CT molecular complexity index is 985. The highest BCUT2D eigenvalue weighted by atomic mass is 16.6. The quantitative estimate of drug-likeness (QED) is 0.0403. The minimum atomic E-state index is -1.14. The largest absolute Gasteiger partial charge is 0.544 e. The summed E-state index contributed by atoms with van der Waals surface area (Å²) >= 11 is 0. The summed E-state index contributed by atoms with van der Waals surface area (Å²) in [6.45, 7) is 4.24. The minimum Gasteiger partial charge on any atom is -0.544 e. The molecule has 2 unspecified atom stereocenters. The fourth-order valence-corrected chi connectivity index (χ4v) is 4.21. The minimum absolute atomic E-state index is 0.00476. The van der Waals surface area contributed by atoms with Crippen molar-refractivity contribution in [3.63, 3.8) is 0 Å². The van der Waals surface area contributed by atoms with Gasteiger partial charge in [-0.2, -0.15) is 0 Å². The zero-order chi connectivity index (χ0) is 34.3. The average molecular weight is 644 g/mol. The van der Waals surface area contributed by atoms with Crippen LogP contribution in [0.25, 0.3) is 0 Å². The van der Waals surface area contributed by atoms with Crippen molar-refractivity contribution >= 4 is 17.9 Å². The number of ether oxygens (including phenoxy) is 3. The van der Waals surface area contributed by atoms with Gasteiger partial charge >= 0.3 is 11.9 Å². The predicted molar refractivity (Wildman–Crippen MR) is 185 cm³/mol. The number of aliphatic carboxylic acids is 1. The van der Waals surface area contributed by atoms with Gasteiger partial charge in [-0.25, -0.2) is 0 Å². The maximum absolute atomic E-state index is 12.5. The molecule has 0 bridgehead atoms. The summed E-state index contributed by atoms with van der Waals surface area (Å²) in [5.41, 5.74) is 0. The van der Waals surface area contributed by atoms with Crippen molar-refractivity contribution in [1.29, 1.82) is 0 Å². The number of carbonyl (C=O) groups excluding carboxylic acids is 3. The van der Waals surface area contributed by atoms with E-state index in [0.29, 0.717) is 12.8 Å². The Labute approximate surface area is 279 Å². The van der Waals surface area contributed by atoms with Gasteiger partial charge in [0.2, 0.25) is 0 Å². The van der Waals surface area contributed by atoms with Crippen LogP contribution < -0.4 is 5.11 Å². The number of quaternary nitrogens is 1. The number of unbranched alkanes of at least 4 members (excludes halogenated alkanes) is 2. The maximum Gasteiger partial charge on any atom is 0.306 e. The van der Waals surface area contributed by atoms with E-state index in [-0.39, 0.29) is 43.1 Å². The summed E-state index contributed by atoms with van der Waals surface area (Å²) in [6.07, 6.45) is 34.5. The van der Waals surface area contributed by atoms with Gasteiger partial charge in [-0.05, 0) is 51.4 Å². The number of likely N-dealkylation sites (N-methyl/N-ethyl adjacent to an activating group) is 1. The van der Waals surface area contributed by atoms with Crippen LogP contribution in [0.3, 0.4) is 0 Å². The fourth-order valence-electron chi connectivity index (χ4n) is 4.21. The van der Waals surface area contributed by atoms with E-state index < -0.39 is 24.1 Å². The van der Waals surface area contributed by atoms with Crippen LogP contribution in [0, 0.1) is 0 Å². The first-order chi connectivity index (χ1) is 22.1. The van der Waals surface area contributed by atoms with Gasteiger partial charge in [0.25, 0.3) is 0 Å². The molecule has 0 radical (unpaired) electrons. The SMILES string of the molecule is CC/C=C\C/C=C\C/C=C\C/C=C\C/C=C\C/C=C\CCC(=O)OC(COCCC(C(=O)[O-])[N+](C)(C)C)COC(=O)CCCCC. The van der Waals surface area contributed by atoms with Gasteiger partial charge in [-0.1, -0.05) is 99.6 Å². The van der Waals surface area contributed by atoms with E-state index in [9.17, 15) is 19.5 Å². The third-order valence-electron chi connectivity index (χ3n) is 6.87. The van der Waals surface area contributed by atoms with Crippen molar-refractivity contribution < 1.29 is 38.2 Å². The van der Waals surface area contributed by atoms with Gasteiger partial charge in [0.1, 0.15) is 12.6 Å². The van der Waals surface area contributed by atoms with E-state index in [1.54, 1.807) is 21.1 Å². The summed E-state index contributed by atoms with van der Waals surface area (Å²) in [7, 11) is 5.34. The number of esters is 2. The van der Waals surface area contributed by atoms with Crippen LogP contribution in [0.4, 0.5) is 0 Å². The number of allylic oxidation sites excluding steroid dienone is 12. The van der Waals surface area contributed by atoms with Gasteiger partial charge in [0.05, 0.1) is 40.3 Å². The Kier molecular flexibility index (Phi) is 27.1. The average Bonchev–Trinajstić information content (AvgIpc) is 3.00. The predicted octanol–water partition coefficient (Wildman–Crippen LogP) is 6.73. The molecule has 0 spiro atoms. The molecule has 0 aliphatic rings. The molecule has 46 heavy (non-hydrogen) atoms. The van der Waals surface area contributed by atoms with Gasteiger partial charge < -0.3 is 28.6 Å². The molecule has 0 heterocycles. The van der Waals surface area contributed by atoms with Crippen LogP contribution in [0.5, 0.6) is 0 Å². The molecular formula is C38H61NO7. The summed E-state index contributed by atoms with van der Waals surface area (Å²) < 4.78 is 16.7. The van der Waals surface area contributed by atoms with Gasteiger partial charge in [0.15, 0.2) is 6.10 Å². The molecule has 2 atom stereocenters. The normalized spacial score (nSPS) is 14.0. The van der Waals surface area contributed by atoms with Crippen molar-refractivity contribution in [1.82, 2.24) is 0 Å². The number of carbonyl (C=O) groups is 3. The Morgan fingerprint density at radius 2 is 1.20 bits per heavy atom. The third kappa shape index (κ3) is 27.1. The number of carboxylic acids is 1. The maximum atomic E-state index is 12.5. The van der Waals surface area contributed by atoms with Crippen molar-refractivity contribution in [2.24, 2.45) is 0 Å². The van der Waals surface area contributed by atoms with E-state index in [4.69, 9.17) is 14.2 Å². The topological polar surface area (TPSA) is 102 Å². The van der Waals surface area contributed by atoms with Crippen molar-refractivity contribution in [3.05, 3.63) is 72.9 Å². The van der Waals surface area contributed by atoms with Gasteiger partial charge in [0, 0.05) is 19.3 Å². The Balaban J connectivity index is 4.43. The first kappa shape index (κ1) is 42.8. The fraction of sp³-hybridized carbons (Fsp3) is 0.605. The number of hydrogen-bond acceptors (Lipinski definition) is 7. The van der Waals surface area contributed by atoms with E-state index in [0.717, 1.165) is 57.8 Å². The highest BCUT2D eigenvalue weighted by Gasteiger charge is 2.25. The second-order valence-corrected chi connectivity index (χ2v) is 12.0. The van der Waals surface area contributed by atoms with E-state index in [2.05, 4.69) is 74.6 Å². The lowest BCUT2D eigenvalue weighted by molar-refractivity contribution is -0.889. The van der Waals surface area contributed by atoms with Crippen molar-refractivity contribution in [3.8, 4) is 0 Å².